The fourth-order valence-electron chi connectivity index (χ4n) is 3.19. The Labute approximate surface area is 129 Å². The van der Waals surface area contributed by atoms with Crippen molar-refractivity contribution in [1.82, 2.24) is 10.2 Å². The van der Waals surface area contributed by atoms with Gasteiger partial charge in [0.2, 0.25) is 0 Å². The van der Waals surface area contributed by atoms with Gasteiger partial charge in [-0.05, 0) is 44.3 Å². The predicted octanol–water partition coefficient (Wildman–Crippen LogP) is 2.60. The third-order valence-corrected chi connectivity index (χ3v) is 4.35. The highest BCUT2D eigenvalue weighted by atomic mass is 16.3. The molecule has 1 aliphatic heterocycles. The Balaban J connectivity index is 1.90. The summed E-state index contributed by atoms with van der Waals surface area (Å²) in [7, 11) is 0. The fourth-order valence-corrected chi connectivity index (χ4v) is 3.19. The summed E-state index contributed by atoms with van der Waals surface area (Å²) in [6.45, 7) is 10.3. The van der Waals surface area contributed by atoms with Crippen molar-refractivity contribution in [2.75, 3.05) is 26.2 Å². The molecule has 0 radical (unpaired) electrons. The molecule has 21 heavy (non-hydrogen) atoms. The van der Waals surface area contributed by atoms with Gasteiger partial charge in [-0.15, -0.1) is 0 Å². The maximum Gasteiger partial charge on any atom is 0.0994 e. The maximum atomic E-state index is 10.8. The summed E-state index contributed by atoms with van der Waals surface area (Å²) in [5.41, 5.74) is 0.238. The van der Waals surface area contributed by atoms with Gasteiger partial charge in [-0.25, -0.2) is 0 Å². The van der Waals surface area contributed by atoms with Crippen LogP contribution in [0.4, 0.5) is 0 Å². The van der Waals surface area contributed by atoms with Crippen LogP contribution in [0.25, 0.3) is 0 Å². The lowest BCUT2D eigenvalue weighted by atomic mass is 9.92. The lowest BCUT2D eigenvalue weighted by Gasteiger charge is -2.37. The molecule has 0 aromatic heterocycles. The van der Waals surface area contributed by atoms with Crippen molar-refractivity contribution in [3.8, 4) is 0 Å². The van der Waals surface area contributed by atoms with Crippen molar-refractivity contribution < 1.29 is 5.11 Å². The predicted molar refractivity (Wildman–Crippen MR) is 88.3 cm³/mol. The molecule has 1 aromatic rings. The van der Waals surface area contributed by atoms with Crippen molar-refractivity contribution in [3.63, 3.8) is 0 Å². The number of hydrogen-bond acceptors (Lipinski definition) is 3. The van der Waals surface area contributed by atoms with Crippen LogP contribution in [0.15, 0.2) is 30.3 Å². The number of β-amino-alcohol motifs (C(OH)–C–C–N with tert-alkyl or cyclic N) is 1. The van der Waals surface area contributed by atoms with Crippen molar-refractivity contribution in [2.24, 2.45) is 5.92 Å². The lowest BCUT2D eigenvalue weighted by molar-refractivity contribution is 0.00315. The molecule has 0 bridgehead atoms. The Morgan fingerprint density at radius 2 is 2.05 bits per heavy atom. The quantitative estimate of drug-likeness (QED) is 0.845. The average Bonchev–Trinajstić information content (AvgIpc) is 2.46. The number of likely N-dealkylation sites (tertiary alicyclic amines) is 1. The number of piperidine rings is 1. The zero-order valence-corrected chi connectivity index (χ0v) is 13.7. The van der Waals surface area contributed by atoms with Gasteiger partial charge in [0.05, 0.1) is 5.60 Å². The van der Waals surface area contributed by atoms with Crippen LogP contribution in [0.3, 0.4) is 0 Å². The van der Waals surface area contributed by atoms with E-state index in [0.717, 1.165) is 31.7 Å². The Hall–Kier alpha value is -0.900. The summed E-state index contributed by atoms with van der Waals surface area (Å²) in [4.78, 5) is 2.42. The van der Waals surface area contributed by atoms with Gasteiger partial charge >= 0.3 is 0 Å². The maximum absolute atomic E-state index is 10.8. The smallest absolute Gasteiger partial charge is 0.0994 e. The fraction of sp³-hybridized carbons (Fsp3) is 0.667. The molecule has 1 saturated heterocycles. The number of nitrogens with one attached hydrogen (secondary N) is 1. The summed E-state index contributed by atoms with van der Waals surface area (Å²) in [6.07, 6.45) is 2.53. The number of aliphatic hydroxyl groups is 1. The van der Waals surface area contributed by atoms with Crippen molar-refractivity contribution in [3.05, 3.63) is 35.9 Å². The van der Waals surface area contributed by atoms with Gasteiger partial charge < -0.3 is 10.4 Å². The molecule has 0 amide bonds. The van der Waals surface area contributed by atoms with Crippen LogP contribution in [0.5, 0.6) is 0 Å². The Morgan fingerprint density at radius 3 is 2.71 bits per heavy atom. The first-order valence-corrected chi connectivity index (χ1v) is 8.21. The highest BCUT2D eigenvalue weighted by molar-refractivity contribution is 5.21. The zero-order valence-electron chi connectivity index (χ0n) is 13.7. The van der Waals surface area contributed by atoms with Gasteiger partial charge in [-0.1, -0.05) is 44.2 Å². The van der Waals surface area contributed by atoms with E-state index in [1.807, 2.05) is 37.3 Å². The molecule has 1 fully saturated rings. The summed E-state index contributed by atoms with van der Waals surface area (Å²) >= 11 is 0. The molecule has 2 unspecified atom stereocenters. The Morgan fingerprint density at radius 1 is 1.33 bits per heavy atom. The van der Waals surface area contributed by atoms with E-state index in [0.29, 0.717) is 12.0 Å². The average molecular weight is 290 g/mol. The zero-order chi connectivity index (χ0) is 15.3. The van der Waals surface area contributed by atoms with Gasteiger partial charge in [0.1, 0.15) is 0 Å². The molecule has 0 saturated carbocycles. The first kappa shape index (κ1) is 16.5. The highest BCUT2D eigenvalue weighted by Gasteiger charge is 2.29. The number of nitrogens with zero attached hydrogens (tertiary/aromatic N) is 1. The molecule has 1 heterocycles. The monoisotopic (exact) mass is 290 g/mol. The molecular weight excluding hydrogens is 260 g/mol. The number of hydrogen-bond donors (Lipinski definition) is 2. The summed E-state index contributed by atoms with van der Waals surface area (Å²) in [5.74, 6) is 0.702. The van der Waals surface area contributed by atoms with Crippen LogP contribution in [0, 0.1) is 5.92 Å². The lowest BCUT2D eigenvalue weighted by Crippen LogP contribution is -2.46. The number of benzene rings is 1. The molecule has 2 rings (SSSR count). The van der Waals surface area contributed by atoms with Crippen LogP contribution >= 0.6 is 0 Å². The topological polar surface area (TPSA) is 35.5 Å². The standard InChI is InChI=1S/C18H30N2O/c1-15(2)19-12-16-8-7-11-20(13-16)14-18(3,21)17-9-5-4-6-10-17/h4-6,9-10,15-16,19,21H,7-8,11-14H2,1-3H3. The molecule has 3 heteroatoms. The summed E-state index contributed by atoms with van der Waals surface area (Å²) in [6, 6.07) is 10.6. The second kappa shape index (κ2) is 7.39. The minimum Gasteiger partial charge on any atom is -0.384 e. The van der Waals surface area contributed by atoms with Gasteiger partial charge in [0, 0.05) is 19.1 Å². The van der Waals surface area contributed by atoms with Crippen LogP contribution in [0.2, 0.25) is 0 Å². The van der Waals surface area contributed by atoms with Crippen LogP contribution in [-0.4, -0.2) is 42.2 Å². The highest BCUT2D eigenvalue weighted by Crippen LogP contribution is 2.24. The molecule has 2 N–H and O–H groups in total. The normalized spacial score (nSPS) is 23.2. The minimum atomic E-state index is -0.769. The van der Waals surface area contributed by atoms with E-state index in [1.54, 1.807) is 0 Å². The van der Waals surface area contributed by atoms with Gasteiger partial charge in [0.25, 0.3) is 0 Å². The van der Waals surface area contributed by atoms with E-state index >= 15 is 0 Å². The van der Waals surface area contributed by atoms with Crippen LogP contribution in [-0.2, 0) is 5.60 Å². The van der Waals surface area contributed by atoms with E-state index in [1.165, 1.54) is 12.8 Å². The van der Waals surface area contributed by atoms with Crippen LogP contribution < -0.4 is 5.32 Å². The van der Waals surface area contributed by atoms with E-state index < -0.39 is 5.60 Å². The van der Waals surface area contributed by atoms with Crippen molar-refractivity contribution >= 4 is 0 Å². The second-order valence-corrected chi connectivity index (χ2v) is 6.95. The molecule has 0 spiro atoms. The molecule has 1 aliphatic rings. The molecular formula is C18H30N2O. The SMILES string of the molecule is CC(C)NCC1CCCN(CC(C)(O)c2ccccc2)C1. The minimum absolute atomic E-state index is 0.549. The Kier molecular flexibility index (Phi) is 5.80. The first-order chi connectivity index (χ1) is 9.97. The van der Waals surface area contributed by atoms with Crippen molar-refractivity contribution in [1.29, 1.82) is 0 Å². The van der Waals surface area contributed by atoms with Crippen LogP contribution in [0.1, 0.15) is 39.2 Å². The first-order valence-electron chi connectivity index (χ1n) is 8.21. The van der Waals surface area contributed by atoms with Gasteiger partial charge in [-0.2, -0.15) is 0 Å². The Bertz CT molecular complexity index is 416. The molecule has 0 aliphatic carbocycles. The van der Waals surface area contributed by atoms with E-state index in [-0.39, 0.29) is 0 Å². The largest absolute Gasteiger partial charge is 0.384 e. The third kappa shape index (κ3) is 5.10. The van der Waals surface area contributed by atoms with Gasteiger partial charge in [-0.3, -0.25) is 4.90 Å². The molecule has 118 valence electrons. The van der Waals surface area contributed by atoms with Crippen molar-refractivity contribution in [2.45, 2.75) is 45.3 Å². The van der Waals surface area contributed by atoms with E-state index in [4.69, 9.17) is 0 Å². The van der Waals surface area contributed by atoms with E-state index in [9.17, 15) is 5.11 Å². The second-order valence-electron chi connectivity index (χ2n) is 6.95. The number of rotatable bonds is 6. The molecule has 3 nitrogen and oxygen atoms in total. The third-order valence-electron chi connectivity index (χ3n) is 4.35. The summed E-state index contributed by atoms with van der Waals surface area (Å²) in [5, 5.41) is 14.3. The summed E-state index contributed by atoms with van der Waals surface area (Å²) < 4.78 is 0. The molecule has 1 aromatic carbocycles. The van der Waals surface area contributed by atoms with E-state index in [2.05, 4.69) is 24.1 Å². The molecule has 2 atom stereocenters. The van der Waals surface area contributed by atoms with Gasteiger partial charge in [0.15, 0.2) is 0 Å².